The molecule has 28 heavy (non-hydrogen) atoms. The van der Waals surface area contributed by atoms with Gasteiger partial charge < -0.3 is 0 Å². The highest BCUT2D eigenvalue weighted by Crippen LogP contribution is 2.21. The fourth-order valence-corrected chi connectivity index (χ4v) is 4.19. The molecule has 4 rings (SSSR count). The van der Waals surface area contributed by atoms with Crippen molar-refractivity contribution in [1.82, 2.24) is 19.8 Å². The minimum Gasteiger partial charge on any atom is -0.296 e. The Kier molecular flexibility index (Phi) is 5.98. The zero-order valence-electron chi connectivity index (χ0n) is 17.0. The fraction of sp³-hybridized carbons (Fsp3) is 0.417. The number of para-hydroxylation sites is 1. The minimum atomic E-state index is 0.549. The molecule has 2 heterocycles. The molecular weight excluding hydrogens is 344 g/mol. The standard InChI is InChI=1S/C24H30N4/c1-19(2)14-22-17-27(16-20-8-4-3-5-9-20)12-13-28(22)18-24-25-15-21-10-6-7-11-23(21)26-24/h3-11,15,19,22H,12-14,16-18H2,1-2H3/t22-/m0/s1. The van der Waals surface area contributed by atoms with Gasteiger partial charge in [0.1, 0.15) is 5.82 Å². The van der Waals surface area contributed by atoms with E-state index in [1.165, 1.54) is 12.0 Å². The SMILES string of the molecule is CC(C)C[C@H]1CN(Cc2ccccc2)CCN1Cc1ncc2ccccc2n1. The van der Waals surface area contributed by atoms with Gasteiger partial charge in [-0.2, -0.15) is 0 Å². The molecule has 1 atom stereocenters. The molecule has 0 spiro atoms. The maximum absolute atomic E-state index is 4.80. The summed E-state index contributed by atoms with van der Waals surface area (Å²) >= 11 is 0. The summed E-state index contributed by atoms with van der Waals surface area (Å²) in [6.45, 7) is 9.79. The van der Waals surface area contributed by atoms with Crippen LogP contribution < -0.4 is 0 Å². The first-order chi connectivity index (χ1) is 13.7. The maximum atomic E-state index is 4.80. The Balaban J connectivity index is 1.46. The Morgan fingerprint density at radius 2 is 1.75 bits per heavy atom. The van der Waals surface area contributed by atoms with Crippen molar-refractivity contribution in [3.05, 3.63) is 72.2 Å². The van der Waals surface area contributed by atoms with Crippen molar-refractivity contribution in [3.8, 4) is 0 Å². The second-order valence-corrected chi connectivity index (χ2v) is 8.32. The van der Waals surface area contributed by atoms with Crippen LogP contribution >= 0.6 is 0 Å². The summed E-state index contributed by atoms with van der Waals surface area (Å²) in [7, 11) is 0. The normalized spacial score (nSPS) is 18.8. The Bertz CT molecular complexity index is 893. The van der Waals surface area contributed by atoms with E-state index in [1.54, 1.807) is 0 Å². The van der Waals surface area contributed by atoms with E-state index in [-0.39, 0.29) is 0 Å². The van der Waals surface area contributed by atoms with E-state index in [4.69, 9.17) is 4.98 Å². The van der Waals surface area contributed by atoms with Crippen LogP contribution in [0.5, 0.6) is 0 Å². The van der Waals surface area contributed by atoms with Crippen LogP contribution in [0.2, 0.25) is 0 Å². The van der Waals surface area contributed by atoms with E-state index >= 15 is 0 Å². The van der Waals surface area contributed by atoms with Gasteiger partial charge in [0.25, 0.3) is 0 Å². The summed E-state index contributed by atoms with van der Waals surface area (Å²) in [5.41, 5.74) is 2.44. The number of benzene rings is 2. The van der Waals surface area contributed by atoms with E-state index in [0.29, 0.717) is 12.0 Å². The smallest absolute Gasteiger partial charge is 0.142 e. The van der Waals surface area contributed by atoms with Crippen molar-refractivity contribution >= 4 is 10.9 Å². The summed E-state index contributed by atoms with van der Waals surface area (Å²) in [4.78, 5) is 14.6. The van der Waals surface area contributed by atoms with Crippen molar-refractivity contribution in [2.75, 3.05) is 19.6 Å². The highest BCUT2D eigenvalue weighted by molar-refractivity contribution is 5.77. The third kappa shape index (κ3) is 4.75. The number of fused-ring (bicyclic) bond motifs is 1. The van der Waals surface area contributed by atoms with Crippen molar-refractivity contribution in [3.63, 3.8) is 0 Å². The number of nitrogens with zero attached hydrogens (tertiary/aromatic N) is 4. The van der Waals surface area contributed by atoms with Crippen molar-refractivity contribution in [2.24, 2.45) is 5.92 Å². The second kappa shape index (κ2) is 8.80. The van der Waals surface area contributed by atoms with Crippen molar-refractivity contribution in [2.45, 2.75) is 39.4 Å². The summed E-state index contributed by atoms with van der Waals surface area (Å²) in [5.74, 6) is 1.62. The molecule has 3 aromatic rings. The molecule has 0 N–H and O–H groups in total. The van der Waals surface area contributed by atoms with Gasteiger partial charge in [-0.05, 0) is 24.0 Å². The van der Waals surface area contributed by atoms with E-state index in [0.717, 1.165) is 49.5 Å². The molecule has 0 bridgehead atoms. The molecule has 1 aliphatic rings. The van der Waals surface area contributed by atoms with Crippen LogP contribution in [-0.2, 0) is 13.1 Å². The van der Waals surface area contributed by atoms with Gasteiger partial charge >= 0.3 is 0 Å². The quantitative estimate of drug-likeness (QED) is 0.642. The number of rotatable bonds is 6. The molecule has 0 radical (unpaired) electrons. The van der Waals surface area contributed by atoms with Gasteiger partial charge in [-0.1, -0.05) is 62.4 Å². The molecule has 4 nitrogen and oxygen atoms in total. The zero-order chi connectivity index (χ0) is 19.3. The van der Waals surface area contributed by atoms with Crippen molar-refractivity contribution in [1.29, 1.82) is 0 Å². The van der Waals surface area contributed by atoms with Gasteiger partial charge in [-0.25, -0.2) is 9.97 Å². The van der Waals surface area contributed by atoms with Gasteiger partial charge in [0, 0.05) is 43.8 Å². The van der Waals surface area contributed by atoms with Gasteiger partial charge in [0.2, 0.25) is 0 Å². The topological polar surface area (TPSA) is 32.3 Å². The molecule has 1 saturated heterocycles. The first kappa shape index (κ1) is 19.0. The number of piperazine rings is 1. The van der Waals surface area contributed by atoms with Crippen LogP contribution in [-0.4, -0.2) is 45.4 Å². The third-order valence-corrected chi connectivity index (χ3v) is 5.56. The van der Waals surface area contributed by atoms with Crippen LogP contribution in [0.1, 0.15) is 31.7 Å². The molecule has 0 aliphatic carbocycles. The summed E-state index contributed by atoms with van der Waals surface area (Å²) in [6.07, 6.45) is 3.17. The first-order valence-electron chi connectivity index (χ1n) is 10.4. The molecule has 0 unspecified atom stereocenters. The monoisotopic (exact) mass is 374 g/mol. The molecule has 0 amide bonds. The lowest BCUT2D eigenvalue weighted by Crippen LogP contribution is -2.52. The molecular formula is C24H30N4. The predicted octanol–water partition coefficient (Wildman–Crippen LogP) is 4.36. The van der Waals surface area contributed by atoms with Crippen LogP contribution in [0.25, 0.3) is 10.9 Å². The lowest BCUT2D eigenvalue weighted by molar-refractivity contribution is 0.0514. The highest BCUT2D eigenvalue weighted by Gasteiger charge is 2.28. The minimum absolute atomic E-state index is 0.549. The summed E-state index contributed by atoms with van der Waals surface area (Å²) < 4.78 is 0. The van der Waals surface area contributed by atoms with E-state index < -0.39 is 0 Å². The highest BCUT2D eigenvalue weighted by atomic mass is 15.3. The van der Waals surface area contributed by atoms with Crippen LogP contribution in [0, 0.1) is 5.92 Å². The molecule has 1 aromatic heterocycles. The van der Waals surface area contributed by atoms with Gasteiger partial charge in [0.05, 0.1) is 12.1 Å². The van der Waals surface area contributed by atoms with Gasteiger partial charge in [0.15, 0.2) is 0 Å². The molecule has 0 saturated carbocycles. The first-order valence-corrected chi connectivity index (χ1v) is 10.4. The number of aromatic nitrogens is 2. The molecule has 4 heteroatoms. The molecule has 1 fully saturated rings. The molecule has 146 valence electrons. The van der Waals surface area contributed by atoms with Crippen molar-refractivity contribution < 1.29 is 0 Å². The Morgan fingerprint density at radius 3 is 2.57 bits per heavy atom. The number of hydrogen-bond donors (Lipinski definition) is 0. The average molecular weight is 375 g/mol. The Hall–Kier alpha value is -2.30. The zero-order valence-corrected chi connectivity index (χ0v) is 17.0. The number of hydrogen-bond acceptors (Lipinski definition) is 4. The average Bonchev–Trinajstić information content (AvgIpc) is 2.70. The summed E-state index contributed by atoms with van der Waals surface area (Å²) in [6, 6.07) is 19.6. The fourth-order valence-electron chi connectivity index (χ4n) is 4.19. The van der Waals surface area contributed by atoms with Crippen LogP contribution in [0.15, 0.2) is 60.8 Å². The predicted molar refractivity (Wildman–Crippen MR) is 115 cm³/mol. The van der Waals surface area contributed by atoms with Crippen LogP contribution in [0.4, 0.5) is 0 Å². The lowest BCUT2D eigenvalue weighted by atomic mass is 9.99. The molecule has 2 aromatic carbocycles. The maximum Gasteiger partial charge on any atom is 0.142 e. The lowest BCUT2D eigenvalue weighted by Gasteiger charge is -2.42. The summed E-state index contributed by atoms with van der Waals surface area (Å²) in [5, 5.41) is 1.11. The Labute approximate surface area is 168 Å². The third-order valence-electron chi connectivity index (χ3n) is 5.56. The van der Waals surface area contributed by atoms with Crippen LogP contribution in [0.3, 0.4) is 0 Å². The van der Waals surface area contributed by atoms with E-state index in [9.17, 15) is 0 Å². The molecule has 1 aliphatic heterocycles. The van der Waals surface area contributed by atoms with Gasteiger partial charge in [-0.3, -0.25) is 9.80 Å². The van der Waals surface area contributed by atoms with E-state index in [1.807, 2.05) is 18.3 Å². The van der Waals surface area contributed by atoms with Gasteiger partial charge in [-0.15, -0.1) is 0 Å². The Morgan fingerprint density at radius 1 is 0.964 bits per heavy atom. The van der Waals surface area contributed by atoms with E-state index in [2.05, 4.69) is 71.1 Å². The largest absolute Gasteiger partial charge is 0.296 e. The second-order valence-electron chi connectivity index (χ2n) is 8.32.